The van der Waals surface area contributed by atoms with Gasteiger partial charge in [-0.3, -0.25) is 4.79 Å². The monoisotopic (exact) mass is 1070 g/mol. The van der Waals surface area contributed by atoms with Crippen LogP contribution in [0.15, 0.2) is 71.4 Å². The standard InChI is InChI=1S/C53H60BrClN16O2/c1-33-25-42-45(26-34(33)2)70(46(59-42)28-57-51-63-52(66-21-19-64(4)20-22-66)61-49-40(54)27-58-71(49)51)29-35(3)50(72)69-24-23-68(30-37(69)14-16-56)48-39-15-18-67(44-13-7-10-36-9-6-12-41(55)47(36)44)31-43(39)60-53(62-48)73-32-38-11-8-17-65(38)5/h6-7,9-10,12-13,25-27,37-38H,3,8,11,14-15,17-24,28-32H2,1-2,4-5H3,(H,57,61,63)/t37-,38-/m0/s1. The second-order valence-corrected chi connectivity index (χ2v) is 21.2. The highest BCUT2D eigenvalue weighted by atomic mass is 79.9. The fraction of sp³-hybridized carbons (Fsp3) is 0.434. The summed E-state index contributed by atoms with van der Waals surface area (Å²) in [6.07, 6.45) is 4.76. The first-order valence-electron chi connectivity index (χ1n) is 25.2. The Morgan fingerprint density at radius 3 is 2.52 bits per heavy atom. The molecule has 1 N–H and O–H groups in total. The number of likely N-dealkylation sites (tertiary alicyclic amines) is 1. The third kappa shape index (κ3) is 9.61. The van der Waals surface area contributed by atoms with Gasteiger partial charge >= 0.3 is 6.01 Å². The third-order valence-electron chi connectivity index (χ3n) is 15.2. The predicted molar refractivity (Wildman–Crippen MR) is 289 cm³/mol. The first-order valence-corrected chi connectivity index (χ1v) is 26.4. The normalized spacial score (nSPS) is 18.8. The van der Waals surface area contributed by atoms with Gasteiger partial charge in [-0.05, 0) is 110 Å². The highest BCUT2D eigenvalue weighted by Gasteiger charge is 2.36. The zero-order chi connectivity index (χ0) is 50.5. The van der Waals surface area contributed by atoms with Crippen molar-refractivity contribution in [2.24, 2.45) is 0 Å². The number of hydrogen-bond donors (Lipinski definition) is 1. The Morgan fingerprint density at radius 1 is 0.932 bits per heavy atom. The number of nitriles is 1. The minimum absolute atomic E-state index is 0.143. The SMILES string of the molecule is C=C(Cn1c(CNc2nc(N3CCN(C)CC3)nc3c(Br)cnn23)nc2cc(C)c(C)cc21)C(=O)N1CCN(c2nc(OC[C@@H]3CCCN3C)nc3c2CCN(c2cccc4cccc(Cl)c24)C3)C[C@@H]1CC#N. The lowest BCUT2D eigenvalue weighted by atomic mass is 10.0. The summed E-state index contributed by atoms with van der Waals surface area (Å²) in [5.74, 6) is 2.47. The molecule has 20 heteroatoms. The molecule has 7 aromatic rings. The molecule has 4 aliphatic rings. The van der Waals surface area contributed by atoms with Crippen molar-refractivity contribution in [3.8, 4) is 12.1 Å². The number of fused-ring (bicyclic) bond motifs is 4. The zero-order valence-electron chi connectivity index (χ0n) is 41.9. The summed E-state index contributed by atoms with van der Waals surface area (Å²) in [6, 6.07) is 19.1. The number of likely N-dealkylation sites (N-methyl/N-ethyl adjacent to an activating group) is 2. The van der Waals surface area contributed by atoms with E-state index in [1.807, 2.05) is 17.0 Å². The van der Waals surface area contributed by atoms with Crippen LogP contribution < -0.4 is 24.8 Å². The van der Waals surface area contributed by atoms with E-state index < -0.39 is 6.04 Å². The lowest BCUT2D eigenvalue weighted by Crippen LogP contribution is -2.56. The lowest BCUT2D eigenvalue weighted by molar-refractivity contribution is -0.129. The molecule has 0 saturated carbocycles. The van der Waals surface area contributed by atoms with Gasteiger partial charge < -0.3 is 44.0 Å². The summed E-state index contributed by atoms with van der Waals surface area (Å²) in [4.78, 5) is 53.2. The Morgan fingerprint density at radius 2 is 1.73 bits per heavy atom. The van der Waals surface area contributed by atoms with Crippen LogP contribution in [0.5, 0.6) is 6.01 Å². The molecule has 18 nitrogen and oxygen atoms in total. The maximum absolute atomic E-state index is 14.8. The first-order chi connectivity index (χ1) is 35.4. The summed E-state index contributed by atoms with van der Waals surface area (Å²) in [5, 5.41) is 21.2. The predicted octanol–water partition coefficient (Wildman–Crippen LogP) is 7.04. The summed E-state index contributed by atoms with van der Waals surface area (Å²) < 4.78 is 11.0. The molecular weight excluding hydrogens is 1010 g/mol. The van der Waals surface area contributed by atoms with Gasteiger partial charge in [0.15, 0.2) is 5.65 Å². The van der Waals surface area contributed by atoms with E-state index in [1.165, 1.54) is 0 Å². The molecule has 0 bridgehead atoms. The fourth-order valence-electron chi connectivity index (χ4n) is 10.9. The first kappa shape index (κ1) is 48.7. The molecule has 1 amide bonds. The van der Waals surface area contributed by atoms with E-state index in [2.05, 4.69) is 132 Å². The Balaban J connectivity index is 0.850. The number of anilines is 4. The van der Waals surface area contributed by atoms with Crippen molar-refractivity contribution in [3.63, 3.8) is 0 Å². The molecule has 3 aromatic carbocycles. The Labute approximate surface area is 438 Å². The van der Waals surface area contributed by atoms with Crippen molar-refractivity contribution in [3.05, 3.63) is 105 Å². The number of nitrogens with one attached hydrogen (secondary N) is 1. The van der Waals surface area contributed by atoms with Crippen molar-refractivity contribution in [2.75, 3.05) is 99.6 Å². The van der Waals surface area contributed by atoms with Crippen LogP contribution in [0.25, 0.3) is 27.5 Å². The molecular formula is C53H60BrClN16O2. The number of carbonyl (C=O) groups is 1. The number of hydrogen-bond acceptors (Lipinski definition) is 15. The van der Waals surface area contributed by atoms with Gasteiger partial charge in [-0.1, -0.05) is 42.4 Å². The lowest BCUT2D eigenvalue weighted by Gasteiger charge is -2.42. The highest BCUT2D eigenvalue weighted by molar-refractivity contribution is 9.10. The van der Waals surface area contributed by atoms with Gasteiger partial charge in [0, 0.05) is 80.6 Å². The Hall–Kier alpha value is -6.59. The van der Waals surface area contributed by atoms with Crippen LogP contribution >= 0.6 is 27.5 Å². The van der Waals surface area contributed by atoms with Crippen molar-refractivity contribution < 1.29 is 9.53 Å². The average Bonchev–Trinajstić information content (AvgIpc) is 4.09. The number of aryl methyl sites for hydroxylation is 2. The van der Waals surface area contributed by atoms with Crippen LogP contribution in [-0.4, -0.2) is 151 Å². The van der Waals surface area contributed by atoms with Gasteiger partial charge in [-0.25, -0.2) is 4.98 Å². The van der Waals surface area contributed by atoms with Gasteiger partial charge in [0.25, 0.3) is 5.91 Å². The molecule has 3 fully saturated rings. The largest absolute Gasteiger partial charge is 0.462 e. The number of nitrogens with zero attached hydrogens (tertiary/aromatic N) is 15. The second-order valence-electron chi connectivity index (χ2n) is 20.0. The molecule has 8 heterocycles. The average molecular weight is 1070 g/mol. The van der Waals surface area contributed by atoms with E-state index in [9.17, 15) is 10.1 Å². The van der Waals surface area contributed by atoms with E-state index in [-0.39, 0.29) is 31.5 Å². The number of halogens is 2. The molecule has 2 atom stereocenters. The second kappa shape index (κ2) is 20.4. The van der Waals surface area contributed by atoms with Crippen molar-refractivity contribution >= 4 is 84.3 Å². The number of imidazole rings is 1. The van der Waals surface area contributed by atoms with Crippen LogP contribution in [0.2, 0.25) is 5.02 Å². The molecule has 4 aromatic heterocycles. The van der Waals surface area contributed by atoms with Gasteiger partial charge in [0.1, 0.15) is 18.2 Å². The van der Waals surface area contributed by atoms with Gasteiger partial charge in [0.2, 0.25) is 11.9 Å². The number of ether oxygens (including phenoxy) is 1. The Kier molecular flexibility index (Phi) is 13.6. The van der Waals surface area contributed by atoms with Crippen LogP contribution in [0.1, 0.15) is 47.5 Å². The van der Waals surface area contributed by atoms with Gasteiger partial charge in [-0.15, -0.1) is 0 Å². The van der Waals surface area contributed by atoms with Crippen molar-refractivity contribution in [1.29, 1.82) is 5.26 Å². The maximum atomic E-state index is 14.8. The van der Waals surface area contributed by atoms with Crippen molar-refractivity contribution in [2.45, 2.75) is 71.2 Å². The van der Waals surface area contributed by atoms with E-state index in [0.29, 0.717) is 79.2 Å². The van der Waals surface area contributed by atoms with Gasteiger partial charge in [-0.2, -0.15) is 34.8 Å². The zero-order valence-corrected chi connectivity index (χ0v) is 44.2. The molecule has 0 radical (unpaired) electrons. The summed E-state index contributed by atoms with van der Waals surface area (Å²) in [6.45, 7) is 16.6. The van der Waals surface area contributed by atoms with Crippen LogP contribution in [0, 0.1) is 25.2 Å². The molecule has 3 saturated heterocycles. The van der Waals surface area contributed by atoms with E-state index in [0.717, 1.165) is 112 Å². The molecule has 0 unspecified atom stereocenters. The van der Waals surface area contributed by atoms with Crippen molar-refractivity contribution in [1.82, 2.24) is 53.8 Å². The van der Waals surface area contributed by atoms with Gasteiger partial charge in [0.05, 0.1) is 70.6 Å². The molecule has 4 aliphatic heterocycles. The number of amides is 1. The molecule has 73 heavy (non-hydrogen) atoms. The molecule has 11 rings (SSSR count). The molecule has 0 spiro atoms. The summed E-state index contributed by atoms with van der Waals surface area (Å²) >= 11 is 10.5. The van der Waals surface area contributed by atoms with E-state index >= 15 is 0 Å². The molecule has 378 valence electrons. The number of carbonyl (C=O) groups excluding carboxylic acids is 1. The minimum Gasteiger partial charge on any atom is -0.462 e. The third-order valence-corrected chi connectivity index (χ3v) is 16.1. The topological polar surface area (TPSA) is 168 Å². The fourth-order valence-corrected chi connectivity index (χ4v) is 11.5. The van der Waals surface area contributed by atoms with E-state index in [1.54, 1.807) is 10.7 Å². The molecule has 0 aliphatic carbocycles. The van der Waals surface area contributed by atoms with Crippen LogP contribution in [0.4, 0.5) is 23.4 Å². The minimum atomic E-state index is -0.420. The summed E-state index contributed by atoms with van der Waals surface area (Å²) in [5.41, 5.74) is 8.03. The van der Waals surface area contributed by atoms with Crippen LogP contribution in [0.3, 0.4) is 0 Å². The highest BCUT2D eigenvalue weighted by Crippen LogP contribution is 2.38. The summed E-state index contributed by atoms with van der Waals surface area (Å²) in [7, 11) is 4.26. The number of aromatic nitrogens is 8. The van der Waals surface area contributed by atoms with E-state index in [4.69, 9.17) is 41.3 Å². The number of rotatable bonds is 13. The Bertz CT molecular complexity index is 3300. The number of benzene rings is 3. The smallest absolute Gasteiger partial charge is 0.318 e. The quantitative estimate of drug-likeness (QED) is 0.117. The van der Waals surface area contributed by atoms with Crippen LogP contribution in [-0.2, 0) is 30.8 Å². The number of piperazine rings is 2. The maximum Gasteiger partial charge on any atom is 0.318 e.